The van der Waals surface area contributed by atoms with Crippen molar-refractivity contribution in [3.05, 3.63) is 57.8 Å². The predicted octanol–water partition coefficient (Wildman–Crippen LogP) is 3.65. The minimum absolute atomic E-state index is 0.0902. The number of likely N-dealkylation sites (tertiary alicyclic amines) is 2. The number of halogens is 2. The summed E-state index contributed by atoms with van der Waals surface area (Å²) < 4.78 is 5.30. The highest BCUT2D eigenvalue weighted by Crippen LogP contribution is 2.66. The molecule has 1 aromatic carbocycles. The Kier molecular flexibility index (Phi) is 5.72. The van der Waals surface area contributed by atoms with Gasteiger partial charge in [0.05, 0.1) is 25.5 Å². The number of amides is 4. The van der Waals surface area contributed by atoms with E-state index in [9.17, 15) is 24.3 Å². The second-order valence-corrected chi connectivity index (χ2v) is 12.5. The van der Waals surface area contributed by atoms with Crippen molar-refractivity contribution in [1.82, 2.24) is 9.80 Å². The third kappa shape index (κ3) is 3.09. The van der Waals surface area contributed by atoms with Crippen LogP contribution >= 0.6 is 34.5 Å². The zero-order valence-corrected chi connectivity index (χ0v) is 22.8. The highest BCUT2D eigenvalue weighted by Gasteiger charge is 2.76. The van der Waals surface area contributed by atoms with E-state index in [4.69, 9.17) is 27.9 Å². The van der Waals surface area contributed by atoms with Crippen LogP contribution in [0.5, 0.6) is 11.5 Å². The number of carbonyl (C=O) groups excluding carboxylic acids is 4. The number of nitrogens with zero attached hydrogens (tertiary/aromatic N) is 2. The summed E-state index contributed by atoms with van der Waals surface area (Å²) in [6, 6.07) is 8.56. The largest absolute Gasteiger partial charge is 0.504 e. The Balaban J connectivity index is 1.51. The Morgan fingerprint density at radius 3 is 2.53 bits per heavy atom. The highest BCUT2D eigenvalue weighted by molar-refractivity contribution is 7.09. The van der Waals surface area contributed by atoms with Crippen molar-refractivity contribution < 1.29 is 29.0 Å². The van der Waals surface area contributed by atoms with Crippen LogP contribution in [0.2, 0.25) is 0 Å². The average Bonchev–Trinajstić information content (AvgIpc) is 3.54. The third-order valence-electron chi connectivity index (χ3n) is 8.56. The van der Waals surface area contributed by atoms with Gasteiger partial charge in [-0.2, -0.15) is 0 Å². The number of imide groups is 2. The summed E-state index contributed by atoms with van der Waals surface area (Å²) in [5.41, 5.74) is 0.888. The van der Waals surface area contributed by atoms with Gasteiger partial charge in [-0.25, -0.2) is 0 Å². The number of aromatic hydroxyl groups is 1. The molecule has 3 fully saturated rings. The van der Waals surface area contributed by atoms with E-state index in [1.807, 2.05) is 23.6 Å². The minimum Gasteiger partial charge on any atom is -0.504 e. The maximum atomic E-state index is 13.8. The lowest BCUT2D eigenvalue weighted by Gasteiger charge is -2.50. The van der Waals surface area contributed by atoms with Crippen molar-refractivity contribution in [2.24, 2.45) is 17.8 Å². The van der Waals surface area contributed by atoms with Crippen LogP contribution in [0.15, 0.2) is 47.4 Å². The maximum Gasteiger partial charge on any atom is 0.253 e. The first-order chi connectivity index (χ1) is 18.1. The number of allylic oxidation sites excluding steroid dienone is 2. The van der Waals surface area contributed by atoms with E-state index < -0.39 is 45.2 Å². The van der Waals surface area contributed by atoms with Gasteiger partial charge in [-0.1, -0.05) is 29.8 Å². The summed E-state index contributed by atoms with van der Waals surface area (Å²) in [4.78, 5) is 53.5. The summed E-state index contributed by atoms with van der Waals surface area (Å²) in [6.45, 7) is 0.177. The van der Waals surface area contributed by atoms with E-state index in [1.54, 1.807) is 18.2 Å². The number of thiophene rings is 1. The molecule has 6 rings (SSSR count). The number of phenols is 1. The number of para-hydroxylation sites is 1. The van der Waals surface area contributed by atoms with Gasteiger partial charge in [-0.15, -0.1) is 34.5 Å². The predicted molar refractivity (Wildman–Crippen MR) is 140 cm³/mol. The second kappa shape index (κ2) is 8.56. The first-order valence-corrected chi connectivity index (χ1v) is 13.8. The standard InChI is InChI=1S/C27H24Cl2N2O6S/c1-30-24(35)26(28)11-17-14(20(27(26,29)25(30)36)16-6-3-7-18(37-2)21(16)32)8-9-15-19(17)23(34)31(22(15)33)12-13-5-4-10-38-13/h3-8,10,15,17,19-20,32H,9,11-12H2,1-2H3. The molecule has 2 aromatic rings. The number of fused-ring (bicyclic) bond motifs is 4. The zero-order chi connectivity index (χ0) is 27.1. The first kappa shape index (κ1) is 25.4. The van der Waals surface area contributed by atoms with Crippen LogP contribution in [0.1, 0.15) is 29.2 Å². The summed E-state index contributed by atoms with van der Waals surface area (Å²) in [7, 11) is 2.73. The van der Waals surface area contributed by atoms with Crippen molar-refractivity contribution in [3.63, 3.8) is 0 Å². The molecule has 4 aliphatic rings. The van der Waals surface area contributed by atoms with Gasteiger partial charge in [0.25, 0.3) is 11.8 Å². The molecule has 3 heterocycles. The number of benzene rings is 1. The van der Waals surface area contributed by atoms with Crippen LogP contribution in [0.25, 0.3) is 0 Å². The van der Waals surface area contributed by atoms with Crippen LogP contribution in [0, 0.1) is 17.8 Å². The molecule has 6 atom stereocenters. The van der Waals surface area contributed by atoms with Crippen molar-refractivity contribution in [2.75, 3.05) is 14.2 Å². The molecule has 0 radical (unpaired) electrons. The van der Waals surface area contributed by atoms with Crippen molar-refractivity contribution in [2.45, 2.75) is 35.1 Å². The molecule has 0 bridgehead atoms. The van der Waals surface area contributed by atoms with Gasteiger partial charge in [0, 0.05) is 23.4 Å². The normalized spacial score (nSPS) is 34.3. The molecule has 2 aliphatic heterocycles. The minimum atomic E-state index is -1.96. The van der Waals surface area contributed by atoms with Crippen LogP contribution in [0.4, 0.5) is 0 Å². The molecule has 11 heteroatoms. The lowest BCUT2D eigenvalue weighted by Crippen LogP contribution is -2.60. The summed E-state index contributed by atoms with van der Waals surface area (Å²) >= 11 is 15.7. The lowest BCUT2D eigenvalue weighted by molar-refractivity contribution is -0.141. The molecule has 1 saturated carbocycles. The van der Waals surface area contributed by atoms with E-state index in [0.29, 0.717) is 5.57 Å². The number of carbonyl (C=O) groups is 4. The van der Waals surface area contributed by atoms with Crippen molar-refractivity contribution >= 4 is 58.2 Å². The Bertz CT molecular complexity index is 1430. The van der Waals surface area contributed by atoms with Crippen LogP contribution < -0.4 is 4.74 Å². The molecular weight excluding hydrogens is 551 g/mol. The fourth-order valence-corrected chi connectivity index (χ4v) is 8.51. The monoisotopic (exact) mass is 574 g/mol. The van der Waals surface area contributed by atoms with Gasteiger partial charge >= 0.3 is 0 Å². The Hall–Kier alpha value is -2.88. The molecule has 198 valence electrons. The molecule has 2 saturated heterocycles. The SMILES string of the molecule is COc1cccc(C2C3=CCC4C(=O)N(Cc5cccs5)C(=O)C4C3CC3(Cl)C(=O)N(C)C(=O)C23Cl)c1O. The van der Waals surface area contributed by atoms with Crippen LogP contribution in [-0.4, -0.2) is 62.4 Å². The fourth-order valence-electron chi connectivity index (χ4n) is 6.81. The molecule has 1 aromatic heterocycles. The highest BCUT2D eigenvalue weighted by atomic mass is 35.5. The number of phenolic OH excluding ortho intramolecular Hbond substituents is 1. The average molecular weight is 575 g/mol. The van der Waals surface area contributed by atoms with Gasteiger partial charge in [-0.3, -0.25) is 29.0 Å². The fraction of sp³-hybridized carbons (Fsp3) is 0.407. The maximum absolute atomic E-state index is 13.8. The quantitative estimate of drug-likeness (QED) is 0.339. The van der Waals surface area contributed by atoms with Crippen molar-refractivity contribution in [1.29, 1.82) is 0 Å². The summed E-state index contributed by atoms with van der Waals surface area (Å²) in [6.07, 6.45) is 2.02. The molecule has 8 nitrogen and oxygen atoms in total. The van der Waals surface area contributed by atoms with Gasteiger partial charge in [0.2, 0.25) is 11.8 Å². The number of alkyl halides is 2. The van der Waals surface area contributed by atoms with Crippen LogP contribution in [0.3, 0.4) is 0 Å². The molecule has 0 spiro atoms. The van der Waals surface area contributed by atoms with E-state index in [1.165, 1.54) is 30.4 Å². The molecule has 38 heavy (non-hydrogen) atoms. The number of hydrogen-bond acceptors (Lipinski definition) is 7. The third-order valence-corrected chi connectivity index (χ3v) is 10.8. The first-order valence-electron chi connectivity index (χ1n) is 12.2. The van der Waals surface area contributed by atoms with Crippen molar-refractivity contribution in [3.8, 4) is 11.5 Å². The van der Waals surface area contributed by atoms with Gasteiger partial charge in [0.15, 0.2) is 21.2 Å². The van der Waals surface area contributed by atoms with E-state index in [0.717, 1.165) is 9.78 Å². The number of methoxy groups -OCH3 is 1. The lowest BCUT2D eigenvalue weighted by atomic mass is 9.56. The molecule has 6 unspecified atom stereocenters. The second-order valence-electron chi connectivity index (χ2n) is 10.2. The molecule has 4 amide bonds. The topological polar surface area (TPSA) is 104 Å². The molecule has 1 N–H and O–H groups in total. The molecular formula is C27H24Cl2N2O6S. The van der Waals surface area contributed by atoms with E-state index >= 15 is 0 Å². The van der Waals surface area contributed by atoms with Gasteiger partial charge in [0.1, 0.15) is 0 Å². The number of rotatable bonds is 4. The smallest absolute Gasteiger partial charge is 0.253 e. The molecule has 2 aliphatic carbocycles. The Morgan fingerprint density at radius 1 is 1.08 bits per heavy atom. The van der Waals surface area contributed by atoms with Crippen LogP contribution in [-0.2, 0) is 25.7 Å². The summed E-state index contributed by atoms with van der Waals surface area (Å²) in [5.74, 6) is -5.04. The van der Waals surface area contributed by atoms with Gasteiger partial charge in [-0.05, 0) is 36.3 Å². The van der Waals surface area contributed by atoms with E-state index in [2.05, 4.69) is 0 Å². The Morgan fingerprint density at radius 2 is 1.84 bits per heavy atom. The zero-order valence-electron chi connectivity index (χ0n) is 20.5. The number of hydrogen-bond donors (Lipinski definition) is 1. The Labute approximate surface area is 232 Å². The summed E-state index contributed by atoms with van der Waals surface area (Å²) in [5, 5.41) is 13.0. The van der Waals surface area contributed by atoms with E-state index in [-0.39, 0.29) is 48.3 Å². The van der Waals surface area contributed by atoms with Gasteiger partial charge < -0.3 is 9.84 Å². The number of ether oxygens (including phenoxy) is 1.